The number of rotatable bonds is 4. The van der Waals surface area contributed by atoms with E-state index in [-0.39, 0.29) is 18.3 Å². The van der Waals surface area contributed by atoms with Crippen molar-refractivity contribution >= 4 is 17.6 Å². The predicted molar refractivity (Wildman–Crippen MR) is 79.3 cm³/mol. The summed E-state index contributed by atoms with van der Waals surface area (Å²) in [4.78, 5) is 41.4. The molecule has 1 aromatic rings. The quantitative estimate of drug-likeness (QED) is 0.827. The van der Waals surface area contributed by atoms with Crippen LogP contribution in [-0.4, -0.2) is 52.6 Å². The van der Waals surface area contributed by atoms with E-state index in [1.54, 1.807) is 7.05 Å². The molecule has 0 radical (unpaired) electrons. The Kier molecular flexibility index (Phi) is 5.26. The third-order valence-corrected chi connectivity index (χ3v) is 3.63. The number of anilines is 1. The normalized spacial score (nSPS) is 18.9. The summed E-state index contributed by atoms with van der Waals surface area (Å²) in [6.45, 7) is 0.394. The van der Waals surface area contributed by atoms with Gasteiger partial charge in [-0.3, -0.25) is 14.4 Å². The first-order chi connectivity index (χ1) is 10.5. The first-order valence-corrected chi connectivity index (χ1v) is 7.16. The SMILES string of the molecule is COC1CCCCN(CC(=O)Nc2nccn(C)c2=O)C1=O. The molecule has 8 heteroatoms. The van der Waals surface area contributed by atoms with Crippen LogP contribution in [0.15, 0.2) is 17.2 Å². The summed E-state index contributed by atoms with van der Waals surface area (Å²) in [7, 11) is 3.06. The van der Waals surface area contributed by atoms with Crippen molar-refractivity contribution in [2.45, 2.75) is 25.4 Å². The number of likely N-dealkylation sites (tertiary alicyclic amines) is 1. The minimum atomic E-state index is -0.502. The minimum absolute atomic E-state index is 0.0411. The number of nitrogens with one attached hydrogen (secondary N) is 1. The second-order valence-corrected chi connectivity index (χ2v) is 5.22. The van der Waals surface area contributed by atoms with Crippen molar-refractivity contribution in [3.05, 3.63) is 22.7 Å². The maximum absolute atomic E-state index is 12.2. The molecule has 1 aliphatic rings. The third-order valence-electron chi connectivity index (χ3n) is 3.63. The largest absolute Gasteiger partial charge is 0.372 e. The van der Waals surface area contributed by atoms with Gasteiger partial charge in [-0.2, -0.15) is 0 Å². The van der Waals surface area contributed by atoms with Crippen LogP contribution in [0.25, 0.3) is 0 Å². The van der Waals surface area contributed by atoms with Gasteiger partial charge < -0.3 is 19.5 Å². The molecular weight excluding hydrogens is 288 g/mol. The van der Waals surface area contributed by atoms with E-state index in [2.05, 4.69) is 10.3 Å². The van der Waals surface area contributed by atoms with Crippen molar-refractivity contribution in [3.63, 3.8) is 0 Å². The van der Waals surface area contributed by atoms with E-state index in [0.29, 0.717) is 13.0 Å². The summed E-state index contributed by atoms with van der Waals surface area (Å²) in [5, 5.41) is 2.45. The van der Waals surface area contributed by atoms with Crippen LogP contribution in [0.2, 0.25) is 0 Å². The van der Waals surface area contributed by atoms with Crippen LogP contribution in [0, 0.1) is 0 Å². The molecular formula is C14H20N4O4. The number of hydrogen-bond acceptors (Lipinski definition) is 5. The highest BCUT2D eigenvalue weighted by Crippen LogP contribution is 2.14. The van der Waals surface area contributed by atoms with Gasteiger partial charge in [-0.05, 0) is 19.3 Å². The Hall–Kier alpha value is -2.22. The fraction of sp³-hybridized carbons (Fsp3) is 0.571. The molecule has 8 nitrogen and oxygen atoms in total. The van der Waals surface area contributed by atoms with E-state index in [4.69, 9.17) is 4.74 Å². The van der Waals surface area contributed by atoms with E-state index < -0.39 is 17.6 Å². The standard InChI is InChI=1S/C14H20N4O4/c1-17-8-6-15-12(14(17)21)16-11(19)9-18-7-4-3-5-10(22-2)13(18)20/h6,8,10H,3-5,7,9H2,1-2H3,(H,15,16,19). The molecule has 1 unspecified atom stereocenters. The number of amides is 2. The number of methoxy groups -OCH3 is 1. The second kappa shape index (κ2) is 7.17. The maximum atomic E-state index is 12.2. The lowest BCUT2D eigenvalue weighted by molar-refractivity contribution is -0.143. The van der Waals surface area contributed by atoms with Crippen LogP contribution >= 0.6 is 0 Å². The van der Waals surface area contributed by atoms with Gasteiger partial charge in [0.25, 0.3) is 11.5 Å². The second-order valence-electron chi connectivity index (χ2n) is 5.22. The minimum Gasteiger partial charge on any atom is -0.372 e. The average Bonchev–Trinajstić information content (AvgIpc) is 2.66. The molecule has 2 rings (SSSR count). The first-order valence-electron chi connectivity index (χ1n) is 7.16. The Balaban J connectivity index is 2.03. The molecule has 0 spiro atoms. The van der Waals surface area contributed by atoms with Gasteiger partial charge in [-0.15, -0.1) is 0 Å². The molecule has 0 aromatic carbocycles. The van der Waals surface area contributed by atoms with Crippen molar-refractivity contribution < 1.29 is 14.3 Å². The molecule has 1 aliphatic heterocycles. The number of aryl methyl sites for hydroxylation is 1. The fourth-order valence-electron chi connectivity index (χ4n) is 2.37. The predicted octanol–water partition coefficient (Wildman–Crippen LogP) is -0.254. The molecule has 1 N–H and O–H groups in total. The molecule has 1 aromatic heterocycles. The van der Waals surface area contributed by atoms with E-state index in [0.717, 1.165) is 12.8 Å². The molecule has 0 saturated carbocycles. The summed E-state index contributed by atoms with van der Waals surface area (Å²) >= 11 is 0. The molecule has 2 amide bonds. The van der Waals surface area contributed by atoms with Gasteiger partial charge in [-0.1, -0.05) is 0 Å². The van der Waals surface area contributed by atoms with Crippen LogP contribution in [0.4, 0.5) is 5.82 Å². The number of nitrogens with zero attached hydrogens (tertiary/aromatic N) is 3. The number of carbonyl (C=O) groups is 2. The Morgan fingerprint density at radius 1 is 1.45 bits per heavy atom. The zero-order chi connectivity index (χ0) is 16.1. The van der Waals surface area contributed by atoms with Crippen LogP contribution in [-0.2, 0) is 21.4 Å². The first kappa shape index (κ1) is 16.2. The van der Waals surface area contributed by atoms with Gasteiger partial charge in [0.15, 0.2) is 5.82 Å². The van der Waals surface area contributed by atoms with Gasteiger partial charge in [0.2, 0.25) is 5.91 Å². The van der Waals surface area contributed by atoms with Crippen LogP contribution < -0.4 is 10.9 Å². The van der Waals surface area contributed by atoms with Crippen molar-refractivity contribution in [2.75, 3.05) is 25.5 Å². The van der Waals surface area contributed by atoms with Gasteiger partial charge in [0.05, 0.1) is 6.54 Å². The summed E-state index contributed by atoms with van der Waals surface area (Å²) in [6, 6.07) is 0. The van der Waals surface area contributed by atoms with E-state index in [1.807, 2.05) is 0 Å². The maximum Gasteiger partial charge on any atom is 0.293 e. The number of ether oxygens (including phenoxy) is 1. The Bertz CT molecular complexity index is 613. The van der Waals surface area contributed by atoms with E-state index in [1.165, 1.54) is 29.0 Å². The topological polar surface area (TPSA) is 93.5 Å². The fourth-order valence-corrected chi connectivity index (χ4v) is 2.37. The lowest BCUT2D eigenvalue weighted by atomic mass is 10.2. The van der Waals surface area contributed by atoms with Crippen LogP contribution in [0.3, 0.4) is 0 Å². The zero-order valence-corrected chi connectivity index (χ0v) is 12.7. The van der Waals surface area contributed by atoms with Crippen molar-refractivity contribution in [1.29, 1.82) is 0 Å². The number of hydrogen-bond donors (Lipinski definition) is 1. The van der Waals surface area contributed by atoms with Crippen molar-refractivity contribution in [1.82, 2.24) is 14.5 Å². The summed E-state index contributed by atoms with van der Waals surface area (Å²) in [5.41, 5.74) is -0.396. The molecule has 1 saturated heterocycles. The summed E-state index contributed by atoms with van der Waals surface area (Å²) in [6.07, 6.45) is 4.79. The molecule has 2 heterocycles. The molecule has 1 fully saturated rings. The Morgan fingerprint density at radius 2 is 2.23 bits per heavy atom. The van der Waals surface area contributed by atoms with Crippen LogP contribution in [0.1, 0.15) is 19.3 Å². The zero-order valence-electron chi connectivity index (χ0n) is 12.7. The summed E-state index contributed by atoms with van der Waals surface area (Å²) in [5.74, 6) is -0.675. The van der Waals surface area contributed by atoms with Gasteiger partial charge in [-0.25, -0.2) is 4.98 Å². The van der Waals surface area contributed by atoms with E-state index in [9.17, 15) is 14.4 Å². The molecule has 0 aliphatic carbocycles. The highest BCUT2D eigenvalue weighted by molar-refractivity contribution is 5.94. The van der Waals surface area contributed by atoms with Crippen molar-refractivity contribution in [3.8, 4) is 0 Å². The lowest BCUT2D eigenvalue weighted by Gasteiger charge is -2.22. The molecule has 22 heavy (non-hydrogen) atoms. The van der Waals surface area contributed by atoms with Crippen molar-refractivity contribution in [2.24, 2.45) is 7.05 Å². The van der Waals surface area contributed by atoms with E-state index >= 15 is 0 Å². The number of aromatic nitrogens is 2. The van der Waals surface area contributed by atoms with Crippen LogP contribution in [0.5, 0.6) is 0 Å². The number of carbonyl (C=O) groups excluding carboxylic acids is 2. The highest BCUT2D eigenvalue weighted by atomic mass is 16.5. The molecule has 120 valence electrons. The highest BCUT2D eigenvalue weighted by Gasteiger charge is 2.28. The Labute approximate surface area is 128 Å². The molecule has 1 atom stereocenters. The van der Waals surface area contributed by atoms with Gasteiger partial charge in [0.1, 0.15) is 6.10 Å². The molecule has 0 bridgehead atoms. The lowest BCUT2D eigenvalue weighted by Crippen LogP contribution is -2.43. The third kappa shape index (κ3) is 3.70. The monoisotopic (exact) mass is 308 g/mol. The van der Waals surface area contributed by atoms with Gasteiger partial charge in [0, 0.05) is 33.1 Å². The Morgan fingerprint density at radius 3 is 2.95 bits per heavy atom. The smallest absolute Gasteiger partial charge is 0.293 e. The average molecular weight is 308 g/mol. The summed E-state index contributed by atoms with van der Waals surface area (Å²) < 4.78 is 6.48. The van der Waals surface area contributed by atoms with Gasteiger partial charge >= 0.3 is 0 Å².